The Bertz CT molecular complexity index is 1640. The average Bonchev–Trinajstić information content (AvgIpc) is 3.56. The van der Waals surface area contributed by atoms with E-state index in [9.17, 15) is 18.8 Å². The van der Waals surface area contributed by atoms with Gasteiger partial charge in [0.15, 0.2) is 11.5 Å². The van der Waals surface area contributed by atoms with Crippen LogP contribution in [0, 0.1) is 5.82 Å². The number of anilines is 1. The molecule has 0 fully saturated rings. The van der Waals surface area contributed by atoms with Gasteiger partial charge in [-0.3, -0.25) is 14.2 Å². The van der Waals surface area contributed by atoms with Crippen molar-refractivity contribution >= 4 is 17.6 Å². The Balaban J connectivity index is 1.39. The molecule has 0 unspecified atom stereocenters. The smallest absolute Gasteiger partial charge is 0.359 e. The number of halogens is 1. The van der Waals surface area contributed by atoms with E-state index in [2.05, 4.69) is 5.10 Å². The molecule has 2 aliphatic heterocycles. The lowest BCUT2D eigenvalue weighted by Gasteiger charge is -2.28. The van der Waals surface area contributed by atoms with Gasteiger partial charge in [0.1, 0.15) is 11.4 Å². The third kappa shape index (κ3) is 3.85. The molecule has 0 saturated heterocycles. The Labute approximate surface area is 216 Å². The summed E-state index contributed by atoms with van der Waals surface area (Å²) in [6.45, 7) is 2.82. The van der Waals surface area contributed by atoms with Crippen LogP contribution in [0.5, 0.6) is 5.75 Å². The van der Waals surface area contributed by atoms with Crippen molar-refractivity contribution in [2.24, 2.45) is 0 Å². The summed E-state index contributed by atoms with van der Waals surface area (Å²) in [6, 6.07) is 14.8. The molecule has 2 aliphatic rings. The molecular weight excluding hydrogens is 491 g/mol. The lowest BCUT2D eigenvalue weighted by molar-refractivity contribution is 0.0517. The van der Waals surface area contributed by atoms with Gasteiger partial charge in [-0.1, -0.05) is 0 Å². The van der Waals surface area contributed by atoms with E-state index in [1.54, 1.807) is 36.1 Å². The first kappa shape index (κ1) is 23.7. The summed E-state index contributed by atoms with van der Waals surface area (Å²) in [5.41, 5.74) is 2.94. The van der Waals surface area contributed by atoms with Crippen LogP contribution >= 0.6 is 0 Å². The van der Waals surface area contributed by atoms with Gasteiger partial charge in [-0.05, 0) is 73.5 Å². The van der Waals surface area contributed by atoms with Crippen molar-refractivity contribution in [3.63, 3.8) is 0 Å². The Hall–Kier alpha value is -4.73. The molecule has 0 saturated carbocycles. The van der Waals surface area contributed by atoms with E-state index in [0.717, 1.165) is 23.8 Å². The number of hydrogen-bond donors (Lipinski definition) is 0. The summed E-state index contributed by atoms with van der Waals surface area (Å²) in [4.78, 5) is 40.4. The lowest BCUT2D eigenvalue weighted by Crippen LogP contribution is -2.39. The van der Waals surface area contributed by atoms with Gasteiger partial charge in [0, 0.05) is 36.1 Å². The van der Waals surface area contributed by atoms with Crippen LogP contribution in [0.3, 0.4) is 0 Å². The molecule has 0 spiro atoms. The van der Waals surface area contributed by atoms with Crippen molar-refractivity contribution in [2.45, 2.75) is 19.8 Å². The Morgan fingerprint density at radius 3 is 2.61 bits per heavy atom. The molecule has 192 valence electrons. The number of amides is 1. The van der Waals surface area contributed by atoms with E-state index in [-0.39, 0.29) is 18.2 Å². The molecular formula is C28H23FN4O5. The van der Waals surface area contributed by atoms with Gasteiger partial charge in [-0.2, -0.15) is 5.10 Å². The zero-order valence-electron chi connectivity index (χ0n) is 20.5. The topological polar surface area (TPSA) is 95.7 Å². The van der Waals surface area contributed by atoms with Crippen LogP contribution in [-0.4, -0.2) is 46.0 Å². The molecule has 10 heteroatoms. The molecule has 0 N–H and O–H groups in total. The minimum atomic E-state index is -0.848. The Morgan fingerprint density at radius 2 is 1.82 bits per heavy atom. The Kier molecular flexibility index (Phi) is 5.79. The van der Waals surface area contributed by atoms with Gasteiger partial charge in [0.05, 0.1) is 18.9 Å². The van der Waals surface area contributed by atoms with E-state index in [1.807, 2.05) is 18.2 Å². The minimum absolute atomic E-state index is 0.132. The third-order valence-electron chi connectivity index (χ3n) is 6.74. The molecule has 1 amide bonds. The van der Waals surface area contributed by atoms with Gasteiger partial charge < -0.3 is 14.4 Å². The average molecular weight is 515 g/mol. The molecule has 2 aromatic carbocycles. The second-order valence-electron chi connectivity index (χ2n) is 8.95. The summed E-state index contributed by atoms with van der Waals surface area (Å²) >= 11 is 0. The molecule has 0 atom stereocenters. The molecule has 4 heterocycles. The lowest BCUT2D eigenvalue weighted by atomic mass is 10.0. The Morgan fingerprint density at radius 1 is 1.05 bits per heavy atom. The fourth-order valence-corrected chi connectivity index (χ4v) is 4.93. The maximum atomic E-state index is 13.9. The van der Waals surface area contributed by atoms with Crippen molar-refractivity contribution in [3.8, 4) is 17.1 Å². The number of nitrogens with zero attached hydrogens (tertiary/aromatic N) is 4. The standard InChI is InChI=1S/C28H23FN4O5/c1-2-37-28(36)24-21-11-14-32(19-7-5-18(6-8-19)31-13-3-4-22(29)26(31)34)27(35)25(21)33(30-24)20-9-10-23-17(16-20)12-15-38-23/h3-10,13,16H,2,11-12,14-15H2,1H3. The van der Waals surface area contributed by atoms with Crippen LogP contribution in [0.25, 0.3) is 11.4 Å². The number of rotatable bonds is 5. The molecule has 2 aromatic heterocycles. The highest BCUT2D eigenvalue weighted by Crippen LogP contribution is 2.32. The highest BCUT2D eigenvalue weighted by atomic mass is 19.1. The van der Waals surface area contributed by atoms with Crippen LogP contribution in [0.2, 0.25) is 0 Å². The maximum Gasteiger partial charge on any atom is 0.359 e. The largest absolute Gasteiger partial charge is 0.493 e. The maximum absolute atomic E-state index is 13.9. The minimum Gasteiger partial charge on any atom is -0.493 e. The number of fused-ring (bicyclic) bond motifs is 2. The summed E-state index contributed by atoms with van der Waals surface area (Å²) in [7, 11) is 0. The first-order valence-electron chi connectivity index (χ1n) is 12.3. The number of esters is 1. The van der Waals surface area contributed by atoms with Crippen LogP contribution in [-0.2, 0) is 17.6 Å². The summed E-state index contributed by atoms with van der Waals surface area (Å²) in [5.74, 6) is -0.940. The number of pyridine rings is 1. The SMILES string of the molecule is CCOC(=O)c1nn(-c2ccc3c(c2)CCO3)c2c1CCN(c1ccc(-n3cccc(F)c3=O)cc1)C2=O. The first-order valence-corrected chi connectivity index (χ1v) is 12.3. The van der Waals surface area contributed by atoms with E-state index < -0.39 is 17.3 Å². The second kappa shape index (κ2) is 9.29. The molecule has 0 bridgehead atoms. The second-order valence-corrected chi connectivity index (χ2v) is 8.95. The van der Waals surface area contributed by atoms with Crippen molar-refractivity contribution < 1.29 is 23.5 Å². The van der Waals surface area contributed by atoms with E-state index in [1.165, 1.54) is 21.5 Å². The fourth-order valence-electron chi connectivity index (χ4n) is 4.93. The van der Waals surface area contributed by atoms with Gasteiger partial charge in [-0.25, -0.2) is 13.9 Å². The zero-order valence-corrected chi connectivity index (χ0v) is 20.5. The summed E-state index contributed by atoms with van der Waals surface area (Å²) in [5, 5.41) is 4.54. The first-order chi connectivity index (χ1) is 18.5. The molecule has 0 radical (unpaired) electrons. The monoisotopic (exact) mass is 514 g/mol. The summed E-state index contributed by atoms with van der Waals surface area (Å²) in [6.07, 6.45) is 2.63. The fraction of sp³-hybridized carbons (Fsp3) is 0.214. The molecule has 0 aliphatic carbocycles. The highest BCUT2D eigenvalue weighted by Gasteiger charge is 2.35. The predicted octanol–water partition coefficient (Wildman–Crippen LogP) is 3.48. The number of ether oxygens (including phenoxy) is 2. The van der Waals surface area contributed by atoms with Gasteiger partial charge in [0.2, 0.25) is 0 Å². The van der Waals surface area contributed by atoms with Crippen molar-refractivity contribution in [1.29, 1.82) is 0 Å². The van der Waals surface area contributed by atoms with E-state index in [4.69, 9.17) is 9.47 Å². The molecule has 9 nitrogen and oxygen atoms in total. The van der Waals surface area contributed by atoms with Gasteiger partial charge in [0.25, 0.3) is 11.5 Å². The molecule has 6 rings (SSSR count). The van der Waals surface area contributed by atoms with Gasteiger partial charge in [-0.15, -0.1) is 0 Å². The van der Waals surface area contributed by atoms with Gasteiger partial charge >= 0.3 is 5.97 Å². The van der Waals surface area contributed by atoms with Crippen molar-refractivity contribution in [2.75, 3.05) is 24.7 Å². The molecule has 4 aromatic rings. The van der Waals surface area contributed by atoms with Crippen molar-refractivity contribution in [1.82, 2.24) is 14.3 Å². The van der Waals surface area contributed by atoms with E-state index >= 15 is 0 Å². The predicted molar refractivity (Wildman–Crippen MR) is 136 cm³/mol. The van der Waals surface area contributed by atoms with Crippen LogP contribution in [0.15, 0.2) is 65.6 Å². The van der Waals surface area contributed by atoms with Crippen LogP contribution in [0.1, 0.15) is 39.0 Å². The number of carbonyl (C=O) groups excluding carboxylic acids is 2. The van der Waals surface area contributed by atoms with Crippen LogP contribution in [0.4, 0.5) is 10.1 Å². The number of carbonyl (C=O) groups is 2. The zero-order chi connectivity index (χ0) is 26.4. The third-order valence-corrected chi connectivity index (χ3v) is 6.74. The normalized spacial score (nSPS) is 14.2. The van der Waals surface area contributed by atoms with Crippen LogP contribution < -0.4 is 15.2 Å². The number of aromatic nitrogens is 3. The number of benzene rings is 2. The highest BCUT2D eigenvalue weighted by molar-refractivity contribution is 6.09. The molecule has 38 heavy (non-hydrogen) atoms. The summed E-state index contributed by atoms with van der Waals surface area (Å²) < 4.78 is 27.3. The van der Waals surface area contributed by atoms with Crippen molar-refractivity contribution in [3.05, 3.63) is 99.5 Å². The van der Waals surface area contributed by atoms with E-state index in [0.29, 0.717) is 47.9 Å². The number of hydrogen-bond acceptors (Lipinski definition) is 6. The quantitative estimate of drug-likeness (QED) is 0.379.